The number of ether oxygens (including phenoxy) is 2. The number of nitrogens with one attached hydrogen (secondary N) is 1. The molecule has 4 nitrogen and oxygen atoms in total. The zero-order valence-corrected chi connectivity index (χ0v) is 15.8. The van der Waals surface area contributed by atoms with Gasteiger partial charge < -0.3 is 9.47 Å². The van der Waals surface area contributed by atoms with Gasteiger partial charge in [0.15, 0.2) is 0 Å². The maximum absolute atomic E-state index is 12.8. The summed E-state index contributed by atoms with van der Waals surface area (Å²) in [7, 11) is 1.07. The highest BCUT2D eigenvalue weighted by molar-refractivity contribution is 6.04. The SMILES string of the molecule is CN=C(c1ccc(OCCCOc2ccc(C(=N)C(F)(F)F)cc2)cc1)C(F)(F)F. The Hall–Kier alpha value is -3.04. The highest BCUT2D eigenvalue weighted by Gasteiger charge is 2.36. The van der Waals surface area contributed by atoms with E-state index >= 15 is 0 Å². The molecule has 2 aromatic rings. The minimum absolute atomic E-state index is 0.0669. The van der Waals surface area contributed by atoms with Crippen molar-refractivity contribution < 1.29 is 35.8 Å². The molecule has 0 aromatic heterocycles. The topological polar surface area (TPSA) is 54.7 Å². The molecule has 0 heterocycles. The summed E-state index contributed by atoms with van der Waals surface area (Å²) in [6.45, 7) is 0.443. The van der Waals surface area contributed by atoms with Gasteiger partial charge in [-0.2, -0.15) is 26.3 Å². The Morgan fingerprint density at radius 1 is 0.767 bits per heavy atom. The van der Waals surface area contributed by atoms with Crippen LogP contribution in [0.25, 0.3) is 0 Å². The fourth-order valence-electron chi connectivity index (χ4n) is 2.45. The lowest BCUT2D eigenvalue weighted by atomic mass is 10.1. The summed E-state index contributed by atoms with van der Waals surface area (Å²) in [5, 5.41) is 7.06. The summed E-state index contributed by atoms with van der Waals surface area (Å²) in [5.41, 5.74) is -2.73. The van der Waals surface area contributed by atoms with E-state index in [1.807, 2.05) is 0 Å². The molecule has 0 aliphatic rings. The predicted molar refractivity (Wildman–Crippen MR) is 99.9 cm³/mol. The van der Waals surface area contributed by atoms with Crippen molar-refractivity contribution in [2.75, 3.05) is 20.3 Å². The minimum Gasteiger partial charge on any atom is -0.493 e. The third-order valence-corrected chi connectivity index (χ3v) is 3.87. The average molecular weight is 432 g/mol. The third-order valence-electron chi connectivity index (χ3n) is 3.87. The Kier molecular flexibility index (Phi) is 7.47. The smallest absolute Gasteiger partial charge is 0.433 e. The molecular formula is C20H18F6N2O2. The van der Waals surface area contributed by atoms with Crippen LogP contribution >= 0.6 is 0 Å². The molecule has 0 saturated heterocycles. The van der Waals surface area contributed by atoms with E-state index in [1.54, 1.807) is 0 Å². The lowest BCUT2D eigenvalue weighted by Crippen LogP contribution is -2.23. The van der Waals surface area contributed by atoms with E-state index < -0.39 is 23.8 Å². The van der Waals surface area contributed by atoms with Crippen molar-refractivity contribution in [3.05, 3.63) is 59.7 Å². The fraction of sp³-hybridized carbons (Fsp3) is 0.300. The molecule has 1 N–H and O–H groups in total. The normalized spacial score (nSPS) is 12.6. The first-order chi connectivity index (χ1) is 14.0. The first kappa shape index (κ1) is 23.2. The van der Waals surface area contributed by atoms with Crippen LogP contribution in [0, 0.1) is 5.41 Å². The van der Waals surface area contributed by atoms with E-state index in [-0.39, 0.29) is 24.3 Å². The number of alkyl halides is 6. The number of hydrogen-bond donors (Lipinski definition) is 1. The Morgan fingerprint density at radius 2 is 1.20 bits per heavy atom. The lowest BCUT2D eigenvalue weighted by Gasteiger charge is -2.12. The quantitative estimate of drug-likeness (QED) is 0.343. The van der Waals surface area contributed by atoms with Gasteiger partial charge in [0.05, 0.1) is 13.2 Å². The van der Waals surface area contributed by atoms with Crippen LogP contribution in [0.2, 0.25) is 0 Å². The van der Waals surface area contributed by atoms with Crippen molar-refractivity contribution in [3.63, 3.8) is 0 Å². The van der Waals surface area contributed by atoms with E-state index in [1.165, 1.54) is 36.4 Å². The molecule has 0 bridgehead atoms. The number of rotatable bonds is 8. The van der Waals surface area contributed by atoms with Gasteiger partial charge in [0.2, 0.25) is 0 Å². The van der Waals surface area contributed by atoms with Crippen molar-refractivity contribution in [1.82, 2.24) is 0 Å². The Bertz CT molecular complexity index is 872. The largest absolute Gasteiger partial charge is 0.493 e. The summed E-state index contributed by atoms with van der Waals surface area (Å²) in [5.74, 6) is 0.725. The lowest BCUT2D eigenvalue weighted by molar-refractivity contribution is -0.0593. The molecule has 0 atom stereocenters. The summed E-state index contributed by atoms with van der Waals surface area (Å²) in [6.07, 6.45) is -8.82. The highest BCUT2D eigenvalue weighted by Crippen LogP contribution is 2.24. The Balaban J connectivity index is 1.77. The summed E-state index contributed by atoms with van der Waals surface area (Å²) >= 11 is 0. The second kappa shape index (κ2) is 9.64. The Morgan fingerprint density at radius 3 is 1.57 bits per heavy atom. The van der Waals surface area contributed by atoms with Gasteiger partial charge in [0, 0.05) is 24.6 Å². The number of halogens is 6. The highest BCUT2D eigenvalue weighted by atomic mass is 19.4. The van der Waals surface area contributed by atoms with Gasteiger partial charge in [-0.1, -0.05) is 0 Å². The number of nitrogens with zero attached hydrogens (tertiary/aromatic N) is 1. The van der Waals surface area contributed by atoms with Gasteiger partial charge in [-0.05, 0) is 48.5 Å². The van der Waals surface area contributed by atoms with E-state index in [9.17, 15) is 26.3 Å². The molecule has 0 amide bonds. The first-order valence-corrected chi connectivity index (χ1v) is 8.68. The maximum Gasteiger partial charge on any atom is 0.433 e. The molecular weight excluding hydrogens is 414 g/mol. The molecule has 0 fully saturated rings. The Labute approximate surface area is 168 Å². The van der Waals surface area contributed by atoms with Crippen molar-refractivity contribution in [1.29, 1.82) is 5.41 Å². The van der Waals surface area contributed by atoms with Crippen molar-refractivity contribution in [2.45, 2.75) is 18.8 Å². The van der Waals surface area contributed by atoms with Gasteiger partial charge in [0.25, 0.3) is 0 Å². The number of benzene rings is 2. The van der Waals surface area contributed by atoms with Gasteiger partial charge in [-0.15, -0.1) is 0 Å². The molecule has 2 aromatic carbocycles. The van der Waals surface area contributed by atoms with Crippen LogP contribution in [0.1, 0.15) is 17.5 Å². The molecule has 162 valence electrons. The zero-order valence-electron chi connectivity index (χ0n) is 15.8. The predicted octanol–water partition coefficient (Wildman–Crippen LogP) is 5.45. The molecule has 0 saturated carbocycles. The number of aliphatic imine (C=N–C) groups is 1. The van der Waals surface area contributed by atoms with E-state index in [0.717, 1.165) is 19.2 Å². The molecule has 0 radical (unpaired) electrons. The number of hydrogen-bond acceptors (Lipinski definition) is 4. The molecule has 0 aliphatic heterocycles. The molecule has 30 heavy (non-hydrogen) atoms. The van der Waals surface area contributed by atoms with Gasteiger partial charge in [-0.3, -0.25) is 10.4 Å². The summed E-state index contributed by atoms with van der Waals surface area (Å²) in [4.78, 5) is 3.27. The molecule has 0 unspecified atom stereocenters. The molecule has 0 aliphatic carbocycles. The summed E-state index contributed by atoms with van der Waals surface area (Å²) in [6, 6.07) is 10.3. The second-order valence-corrected chi connectivity index (χ2v) is 6.04. The van der Waals surface area contributed by atoms with E-state index in [4.69, 9.17) is 14.9 Å². The van der Waals surface area contributed by atoms with Crippen LogP contribution in [0.15, 0.2) is 53.5 Å². The fourth-order valence-corrected chi connectivity index (χ4v) is 2.45. The van der Waals surface area contributed by atoms with Gasteiger partial charge >= 0.3 is 12.4 Å². The van der Waals surface area contributed by atoms with Gasteiger partial charge in [0.1, 0.15) is 22.9 Å². The molecule has 2 rings (SSSR count). The van der Waals surface area contributed by atoms with Crippen molar-refractivity contribution in [2.24, 2.45) is 4.99 Å². The van der Waals surface area contributed by atoms with Gasteiger partial charge in [-0.25, -0.2) is 0 Å². The van der Waals surface area contributed by atoms with Crippen LogP contribution < -0.4 is 9.47 Å². The van der Waals surface area contributed by atoms with E-state index in [0.29, 0.717) is 17.9 Å². The van der Waals surface area contributed by atoms with Crippen LogP contribution in [0.3, 0.4) is 0 Å². The van der Waals surface area contributed by atoms with Crippen LogP contribution in [0.4, 0.5) is 26.3 Å². The van der Waals surface area contributed by atoms with Crippen molar-refractivity contribution in [3.8, 4) is 11.5 Å². The third kappa shape index (κ3) is 6.50. The van der Waals surface area contributed by atoms with Crippen LogP contribution in [-0.2, 0) is 0 Å². The molecule has 10 heteroatoms. The summed E-state index contributed by atoms with van der Waals surface area (Å²) < 4.78 is 86.7. The maximum atomic E-state index is 12.8. The first-order valence-electron chi connectivity index (χ1n) is 8.68. The average Bonchev–Trinajstić information content (AvgIpc) is 2.67. The minimum atomic E-state index is -4.71. The monoisotopic (exact) mass is 432 g/mol. The standard InChI is InChI=1S/C20H18F6N2O2/c1-28-18(20(24,25)26)14-5-9-16(10-6-14)30-12-2-11-29-15-7-3-13(4-8-15)17(27)19(21,22)23/h3-10,27H,2,11-12H2,1H3. The zero-order chi connectivity index (χ0) is 22.4. The van der Waals surface area contributed by atoms with Crippen molar-refractivity contribution >= 4 is 11.4 Å². The second-order valence-electron chi connectivity index (χ2n) is 6.04. The van der Waals surface area contributed by atoms with Crippen LogP contribution in [-0.4, -0.2) is 44.0 Å². The van der Waals surface area contributed by atoms with Crippen LogP contribution in [0.5, 0.6) is 11.5 Å². The van der Waals surface area contributed by atoms with E-state index in [2.05, 4.69) is 4.99 Å². The molecule has 0 spiro atoms.